The molecule has 0 aliphatic carbocycles. The second-order valence-electron chi connectivity index (χ2n) is 9.57. The highest BCUT2D eigenvalue weighted by molar-refractivity contribution is 6.05. The number of nitrogens with zero attached hydrogens (tertiary/aromatic N) is 5. The van der Waals surface area contributed by atoms with Gasteiger partial charge in [0, 0.05) is 23.4 Å². The molecule has 38 heavy (non-hydrogen) atoms. The van der Waals surface area contributed by atoms with Crippen molar-refractivity contribution < 1.29 is 19.0 Å². The molecule has 4 aromatic rings. The number of rotatable bonds is 5. The summed E-state index contributed by atoms with van der Waals surface area (Å²) in [4.78, 5) is 15.4. The number of benzene rings is 3. The van der Waals surface area contributed by atoms with Crippen molar-refractivity contribution in [2.24, 2.45) is 0 Å². The Labute approximate surface area is 220 Å². The van der Waals surface area contributed by atoms with Crippen molar-refractivity contribution in [2.45, 2.75) is 26.3 Å². The molecule has 2 aliphatic heterocycles. The zero-order chi connectivity index (χ0) is 26.4. The van der Waals surface area contributed by atoms with Gasteiger partial charge in [0.2, 0.25) is 12.5 Å². The Morgan fingerprint density at radius 2 is 1.89 bits per heavy atom. The van der Waals surface area contributed by atoms with Crippen LogP contribution in [0.25, 0.3) is 5.69 Å². The van der Waals surface area contributed by atoms with Gasteiger partial charge in [-0.05, 0) is 78.7 Å². The average Bonchev–Trinajstić information content (AvgIpc) is 3.59. The van der Waals surface area contributed by atoms with Crippen molar-refractivity contribution >= 4 is 11.6 Å². The molecular formula is C28H28N6O4. The number of methoxy groups -OCH3 is 1. The Morgan fingerprint density at radius 1 is 1.11 bits per heavy atom. The fourth-order valence-corrected chi connectivity index (χ4v) is 5.28. The van der Waals surface area contributed by atoms with Gasteiger partial charge in [0.1, 0.15) is 6.04 Å². The summed E-state index contributed by atoms with van der Waals surface area (Å²) in [5.74, 6) is 2.32. The van der Waals surface area contributed by atoms with E-state index < -0.39 is 0 Å². The number of tetrazole rings is 1. The lowest BCUT2D eigenvalue weighted by molar-refractivity contribution is 0.102. The largest absolute Gasteiger partial charge is 0.492 e. The Hall–Kier alpha value is -4.44. The summed E-state index contributed by atoms with van der Waals surface area (Å²) in [6.07, 6.45) is 0.824. The minimum absolute atomic E-state index is 0.156. The van der Waals surface area contributed by atoms with Gasteiger partial charge >= 0.3 is 0 Å². The first-order valence-electron chi connectivity index (χ1n) is 12.4. The van der Waals surface area contributed by atoms with Crippen LogP contribution in [0, 0.1) is 13.8 Å². The Morgan fingerprint density at radius 3 is 2.68 bits per heavy atom. The second kappa shape index (κ2) is 9.46. The van der Waals surface area contributed by atoms with E-state index in [4.69, 9.17) is 14.2 Å². The predicted octanol–water partition coefficient (Wildman–Crippen LogP) is 3.85. The lowest BCUT2D eigenvalue weighted by atomic mass is 9.90. The summed E-state index contributed by atoms with van der Waals surface area (Å²) in [6, 6.07) is 14.9. The minimum Gasteiger partial charge on any atom is -0.492 e. The number of aryl methyl sites for hydroxylation is 2. The number of carbonyl (C=O) groups excluding carboxylic acids is 1. The van der Waals surface area contributed by atoms with Gasteiger partial charge in [-0.3, -0.25) is 9.69 Å². The van der Waals surface area contributed by atoms with Crippen molar-refractivity contribution in [3.63, 3.8) is 0 Å². The van der Waals surface area contributed by atoms with E-state index in [1.807, 2.05) is 57.3 Å². The van der Waals surface area contributed by atoms with Crippen LogP contribution in [0.3, 0.4) is 0 Å². The zero-order valence-electron chi connectivity index (χ0n) is 21.7. The first kappa shape index (κ1) is 23.9. The highest BCUT2D eigenvalue weighted by Gasteiger charge is 2.37. The molecule has 0 unspecified atom stereocenters. The third-order valence-corrected chi connectivity index (χ3v) is 7.21. The summed E-state index contributed by atoms with van der Waals surface area (Å²) in [5.41, 5.74) is 6.06. The van der Waals surface area contributed by atoms with Crippen LogP contribution in [0.5, 0.6) is 17.2 Å². The van der Waals surface area contributed by atoms with Gasteiger partial charge < -0.3 is 19.5 Å². The first-order valence-corrected chi connectivity index (χ1v) is 12.4. The summed E-state index contributed by atoms with van der Waals surface area (Å²) in [7, 11) is 3.66. The summed E-state index contributed by atoms with van der Waals surface area (Å²) >= 11 is 0. The number of carbonyl (C=O) groups is 1. The van der Waals surface area contributed by atoms with Crippen molar-refractivity contribution in [1.29, 1.82) is 0 Å². The van der Waals surface area contributed by atoms with E-state index in [-0.39, 0.29) is 18.7 Å². The second-order valence-corrected chi connectivity index (χ2v) is 9.57. The molecule has 1 atom stereocenters. The number of hydrogen-bond acceptors (Lipinski definition) is 8. The van der Waals surface area contributed by atoms with Gasteiger partial charge in [0.15, 0.2) is 17.3 Å². The van der Waals surface area contributed by atoms with Crippen LogP contribution in [0.15, 0.2) is 48.5 Å². The monoisotopic (exact) mass is 512 g/mol. The number of para-hydroxylation sites is 1. The number of nitrogens with one attached hydrogen (secondary N) is 1. The van der Waals surface area contributed by atoms with Gasteiger partial charge in [0.05, 0.1) is 12.8 Å². The normalized spacial score (nSPS) is 16.3. The molecular weight excluding hydrogens is 484 g/mol. The molecule has 0 spiro atoms. The lowest BCUT2D eigenvalue weighted by Crippen LogP contribution is -2.35. The molecule has 0 saturated heterocycles. The SMILES string of the molecule is COc1c2c(cc3c1[C@H](c1nnnn1-c1cccc(C(=O)Nc4c(C)cccc4C)c1)N(C)CC3)OCO2. The molecule has 10 heteroatoms. The highest BCUT2D eigenvalue weighted by atomic mass is 16.7. The molecule has 1 N–H and O–H groups in total. The van der Waals surface area contributed by atoms with Crippen molar-refractivity contribution in [2.75, 3.05) is 32.8 Å². The molecule has 10 nitrogen and oxygen atoms in total. The third-order valence-electron chi connectivity index (χ3n) is 7.21. The van der Waals surface area contributed by atoms with Crippen molar-refractivity contribution in [3.05, 3.63) is 82.2 Å². The molecule has 3 heterocycles. The van der Waals surface area contributed by atoms with Crippen LogP contribution in [-0.2, 0) is 6.42 Å². The molecule has 0 fully saturated rings. The maximum atomic E-state index is 13.2. The lowest BCUT2D eigenvalue weighted by Gasteiger charge is -2.34. The maximum absolute atomic E-state index is 13.2. The van der Waals surface area contributed by atoms with E-state index in [1.54, 1.807) is 23.9 Å². The maximum Gasteiger partial charge on any atom is 0.255 e. The first-order chi connectivity index (χ1) is 18.5. The predicted molar refractivity (Wildman–Crippen MR) is 140 cm³/mol. The van der Waals surface area contributed by atoms with Gasteiger partial charge in [-0.25, -0.2) is 0 Å². The van der Waals surface area contributed by atoms with Gasteiger partial charge in [-0.1, -0.05) is 24.3 Å². The molecule has 2 aliphatic rings. The number of fused-ring (bicyclic) bond motifs is 2. The summed E-state index contributed by atoms with van der Waals surface area (Å²) in [6.45, 7) is 4.91. The fourth-order valence-electron chi connectivity index (χ4n) is 5.28. The molecule has 0 bridgehead atoms. The van der Waals surface area contributed by atoms with E-state index in [0.29, 0.717) is 34.3 Å². The van der Waals surface area contributed by atoms with Crippen molar-refractivity contribution in [3.8, 4) is 22.9 Å². The Bertz CT molecular complexity index is 1530. The van der Waals surface area contributed by atoms with E-state index in [9.17, 15) is 4.79 Å². The van der Waals surface area contributed by atoms with E-state index >= 15 is 0 Å². The molecule has 1 amide bonds. The molecule has 6 rings (SSSR count). The summed E-state index contributed by atoms with van der Waals surface area (Å²) in [5, 5.41) is 15.8. The van der Waals surface area contributed by atoms with Crippen LogP contribution in [0.4, 0.5) is 5.69 Å². The van der Waals surface area contributed by atoms with Crippen molar-refractivity contribution in [1.82, 2.24) is 25.1 Å². The van der Waals surface area contributed by atoms with Crippen LogP contribution >= 0.6 is 0 Å². The highest BCUT2D eigenvalue weighted by Crippen LogP contribution is 2.50. The molecule has 194 valence electrons. The summed E-state index contributed by atoms with van der Waals surface area (Å²) < 4.78 is 18.9. The third kappa shape index (κ3) is 3.93. The van der Waals surface area contributed by atoms with E-state index in [1.165, 1.54) is 0 Å². The number of likely N-dealkylation sites (N-methyl/N-ethyl adjacent to an activating group) is 1. The molecule has 0 radical (unpaired) electrons. The fraction of sp³-hybridized carbons (Fsp3) is 0.286. The molecule has 1 aromatic heterocycles. The van der Waals surface area contributed by atoms with Gasteiger partial charge in [0.25, 0.3) is 5.91 Å². The van der Waals surface area contributed by atoms with E-state index in [0.717, 1.165) is 40.9 Å². The van der Waals surface area contributed by atoms with Crippen LogP contribution in [0.2, 0.25) is 0 Å². The van der Waals surface area contributed by atoms with Gasteiger partial charge in [-0.2, -0.15) is 4.68 Å². The number of hydrogen-bond donors (Lipinski definition) is 1. The zero-order valence-corrected chi connectivity index (χ0v) is 21.7. The topological polar surface area (TPSA) is 104 Å². The van der Waals surface area contributed by atoms with Gasteiger partial charge in [-0.15, -0.1) is 5.10 Å². The standard InChI is InChI=1S/C28H28N6O4/c1-16-7-5-8-17(2)23(16)29-28(35)19-9-6-10-20(13-19)34-27(30-31-32-34)24-22-18(11-12-33(24)3)14-21-25(26(22)36-4)38-15-37-21/h5-10,13-14,24H,11-12,15H2,1-4H3,(H,29,35)/t24-/m1/s1. The van der Waals surface area contributed by atoms with Crippen LogP contribution < -0.4 is 19.5 Å². The quantitative estimate of drug-likeness (QED) is 0.430. The van der Waals surface area contributed by atoms with Crippen LogP contribution in [0.1, 0.15) is 44.5 Å². The number of anilines is 1. The Kier molecular flexibility index (Phi) is 5.96. The minimum atomic E-state index is -0.301. The van der Waals surface area contributed by atoms with Crippen LogP contribution in [-0.4, -0.2) is 58.5 Å². The average molecular weight is 513 g/mol. The van der Waals surface area contributed by atoms with E-state index in [2.05, 4.69) is 25.7 Å². The molecule has 3 aromatic carbocycles. The molecule has 0 saturated carbocycles. The smallest absolute Gasteiger partial charge is 0.255 e. The Balaban J connectivity index is 1.39. The number of amides is 1. The number of aromatic nitrogens is 4. The number of ether oxygens (including phenoxy) is 3.